The molecular weight excluding hydrogens is 240 g/mol. The maximum absolute atomic E-state index is 12.4. The van der Waals surface area contributed by atoms with Crippen LogP contribution in [0, 0.1) is 0 Å². The molecule has 4 heteroatoms. The number of amides is 1. The smallest absolute Gasteiger partial charge is 0.240 e. The molecule has 1 amide bonds. The summed E-state index contributed by atoms with van der Waals surface area (Å²) in [7, 11) is 0. The second-order valence-corrected chi connectivity index (χ2v) is 5.14. The van der Waals surface area contributed by atoms with Gasteiger partial charge in [-0.2, -0.15) is 0 Å². The third-order valence-electron chi connectivity index (χ3n) is 3.76. The fourth-order valence-electron chi connectivity index (χ4n) is 2.45. The summed E-state index contributed by atoms with van der Waals surface area (Å²) in [6.45, 7) is 0.395. The zero-order valence-electron chi connectivity index (χ0n) is 11.2. The number of carbonyl (C=O) groups is 1. The quantitative estimate of drug-likeness (QED) is 0.801. The van der Waals surface area contributed by atoms with Crippen molar-refractivity contribution in [2.75, 3.05) is 13.2 Å². The van der Waals surface area contributed by atoms with Crippen LogP contribution in [-0.2, 0) is 11.2 Å². The minimum absolute atomic E-state index is 0.000295. The van der Waals surface area contributed by atoms with E-state index in [1.165, 1.54) is 0 Å². The lowest BCUT2D eigenvalue weighted by Crippen LogP contribution is -2.52. The maximum Gasteiger partial charge on any atom is 0.240 e. The molecule has 1 atom stereocenters. The van der Waals surface area contributed by atoms with E-state index in [1.54, 1.807) is 4.90 Å². The Morgan fingerprint density at radius 2 is 2.05 bits per heavy atom. The third kappa shape index (κ3) is 3.55. The molecule has 104 valence electrons. The van der Waals surface area contributed by atoms with E-state index in [0.29, 0.717) is 13.0 Å². The standard InChI is InChI=1S/C15H22N2O2/c16-14(11-12-5-2-1-3-6-12)15(19)17(9-10-18)13-7-4-8-13/h1-3,5-6,13-14,18H,4,7-11,16H2. The zero-order valence-corrected chi connectivity index (χ0v) is 11.2. The maximum atomic E-state index is 12.4. The molecule has 1 saturated carbocycles. The van der Waals surface area contributed by atoms with E-state index in [9.17, 15) is 4.79 Å². The van der Waals surface area contributed by atoms with Crippen molar-refractivity contribution in [3.05, 3.63) is 35.9 Å². The van der Waals surface area contributed by atoms with Gasteiger partial charge < -0.3 is 15.7 Å². The van der Waals surface area contributed by atoms with Gasteiger partial charge in [0.05, 0.1) is 12.6 Å². The molecule has 3 N–H and O–H groups in total. The Bertz CT molecular complexity index is 404. The van der Waals surface area contributed by atoms with Crippen LogP contribution < -0.4 is 5.73 Å². The van der Waals surface area contributed by atoms with Crippen LogP contribution in [0.25, 0.3) is 0 Å². The molecular formula is C15H22N2O2. The third-order valence-corrected chi connectivity index (χ3v) is 3.76. The first kappa shape index (κ1) is 14.0. The lowest BCUT2D eigenvalue weighted by molar-refractivity contribution is -0.137. The van der Waals surface area contributed by atoms with Crippen molar-refractivity contribution in [1.82, 2.24) is 4.90 Å². The van der Waals surface area contributed by atoms with Crippen LogP contribution in [0.3, 0.4) is 0 Å². The van der Waals surface area contributed by atoms with Gasteiger partial charge in [0.25, 0.3) is 0 Å². The Labute approximate surface area is 114 Å². The molecule has 1 aliphatic rings. The number of rotatable bonds is 6. The predicted octanol–water partition coefficient (Wildman–Crippen LogP) is 0.930. The SMILES string of the molecule is NC(Cc1ccccc1)C(=O)N(CCO)C1CCC1. The highest BCUT2D eigenvalue weighted by atomic mass is 16.3. The van der Waals surface area contributed by atoms with Crippen LogP contribution in [0.4, 0.5) is 0 Å². The average Bonchev–Trinajstić information content (AvgIpc) is 2.36. The fourth-order valence-corrected chi connectivity index (χ4v) is 2.45. The van der Waals surface area contributed by atoms with Crippen LogP contribution in [0.15, 0.2) is 30.3 Å². The van der Waals surface area contributed by atoms with Gasteiger partial charge in [-0.1, -0.05) is 30.3 Å². The van der Waals surface area contributed by atoms with Crippen molar-refractivity contribution in [1.29, 1.82) is 0 Å². The van der Waals surface area contributed by atoms with Gasteiger partial charge >= 0.3 is 0 Å². The number of aliphatic hydroxyl groups excluding tert-OH is 1. The number of hydrogen-bond donors (Lipinski definition) is 2. The summed E-state index contributed by atoms with van der Waals surface area (Å²) in [6.07, 6.45) is 3.77. The Kier molecular flexibility index (Phi) is 4.93. The van der Waals surface area contributed by atoms with Crippen molar-refractivity contribution >= 4 is 5.91 Å². The lowest BCUT2D eigenvalue weighted by Gasteiger charge is -2.38. The van der Waals surface area contributed by atoms with E-state index in [0.717, 1.165) is 24.8 Å². The number of nitrogens with two attached hydrogens (primary N) is 1. The van der Waals surface area contributed by atoms with E-state index < -0.39 is 6.04 Å². The van der Waals surface area contributed by atoms with Crippen LogP contribution in [0.5, 0.6) is 0 Å². The number of nitrogens with zero attached hydrogens (tertiary/aromatic N) is 1. The van der Waals surface area contributed by atoms with E-state index in [1.807, 2.05) is 30.3 Å². The molecule has 1 aliphatic carbocycles. The summed E-state index contributed by atoms with van der Waals surface area (Å²) in [5.74, 6) is -0.0393. The first-order valence-electron chi connectivity index (χ1n) is 6.93. The summed E-state index contributed by atoms with van der Waals surface area (Å²) in [6, 6.07) is 9.56. The molecule has 1 aromatic rings. The van der Waals surface area contributed by atoms with Gasteiger partial charge in [-0.05, 0) is 31.2 Å². The molecule has 0 spiro atoms. The molecule has 2 rings (SSSR count). The van der Waals surface area contributed by atoms with Gasteiger partial charge in [0.15, 0.2) is 0 Å². The summed E-state index contributed by atoms with van der Waals surface area (Å²) in [5, 5.41) is 9.09. The van der Waals surface area contributed by atoms with Crippen molar-refractivity contribution in [3.63, 3.8) is 0 Å². The Morgan fingerprint density at radius 3 is 2.58 bits per heavy atom. The highest BCUT2D eigenvalue weighted by Crippen LogP contribution is 2.25. The van der Waals surface area contributed by atoms with Crippen molar-refractivity contribution in [2.45, 2.75) is 37.8 Å². The average molecular weight is 262 g/mol. The second-order valence-electron chi connectivity index (χ2n) is 5.14. The molecule has 1 aromatic carbocycles. The number of hydrogen-bond acceptors (Lipinski definition) is 3. The minimum Gasteiger partial charge on any atom is -0.395 e. The monoisotopic (exact) mass is 262 g/mol. The Morgan fingerprint density at radius 1 is 1.37 bits per heavy atom. The van der Waals surface area contributed by atoms with Gasteiger partial charge in [0, 0.05) is 12.6 Å². The summed E-state index contributed by atoms with van der Waals surface area (Å²) < 4.78 is 0. The van der Waals surface area contributed by atoms with Gasteiger partial charge in [-0.25, -0.2) is 0 Å². The molecule has 0 saturated heterocycles. The zero-order chi connectivity index (χ0) is 13.7. The van der Waals surface area contributed by atoms with Crippen molar-refractivity contribution in [2.24, 2.45) is 5.73 Å². The first-order valence-corrected chi connectivity index (χ1v) is 6.93. The van der Waals surface area contributed by atoms with Crippen LogP contribution in [-0.4, -0.2) is 41.1 Å². The molecule has 1 fully saturated rings. The van der Waals surface area contributed by atoms with E-state index in [4.69, 9.17) is 10.8 Å². The highest BCUT2D eigenvalue weighted by molar-refractivity contribution is 5.82. The summed E-state index contributed by atoms with van der Waals surface area (Å²) in [5.41, 5.74) is 7.09. The van der Waals surface area contributed by atoms with Crippen molar-refractivity contribution in [3.8, 4) is 0 Å². The van der Waals surface area contributed by atoms with Crippen LogP contribution >= 0.6 is 0 Å². The van der Waals surface area contributed by atoms with Gasteiger partial charge in [-0.15, -0.1) is 0 Å². The van der Waals surface area contributed by atoms with E-state index in [-0.39, 0.29) is 18.6 Å². The number of carbonyl (C=O) groups excluding carboxylic acids is 1. The predicted molar refractivity (Wildman–Crippen MR) is 74.6 cm³/mol. The second kappa shape index (κ2) is 6.68. The number of aliphatic hydroxyl groups is 1. The van der Waals surface area contributed by atoms with Gasteiger partial charge in [0.1, 0.15) is 0 Å². The van der Waals surface area contributed by atoms with Crippen LogP contribution in [0.2, 0.25) is 0 Å². The largest absolute Gasteiger partial charge is 0.395 e. The minimum atomic E-state index is -0.519. The molecule has 0 aromatic heterocycles. The van der Waals surface area contributed by atoms with Crippen LogP contribution in [0.1, 0.15) is 24.8 Å². The summed E-state index contributed by atoms with van der Waals surface area (Å²) in [4.78, 5) is 14.1. The Balaban J connectivity index is 1.96. The molecule has 19 heavy (non-hydrogen) atoms. The van der Waals surface area contributed by atoms with E-state index >= 15 is 0 Å². The van der Waals surface area contributed by atoms with Crippen molar-refractivity contribution < 1.29 is 9.90 Å². The molecule has 4 nitrogen and oxygen atoms in total. The lowest BCUT2D eigenvalue weighted by atomic mass is 9.90. The summed E-state index contributed by atoms with van der Waals surface area (Å²) >= 11 is 0. The van der Waals surface area contributed by atoms with Gasteiger partial charge in [0.2, 0.25) is 5.91 Å². The fraction of sp³-hybridized carbons (Fsp3) is 0.533. The first-order chi connectivity index (χ1) is 9.22. The Hall–Kier alpha value is -1.39. The molecule has 0 aliphatic heterocycles. The van der Waals surface area contributed by atoms with Gasteiger partial charge in [-0.3, -0.25) is 4.79 Å². The normalized spacial score (nSPS) is 16.7. The van der Waals surface area contributed by atoms with E-state index in [2.05, 4.69) is 0 Å². The molecule has 0 radical (unpaired) electrons. The number of benzene rings is 1. The topological polar surface area (TPSA) is 66.6 Å². The molecule has 0 bridgehead atoms. The molecule has 1 unspecified atom stereocenters. The highest BCUT2D eigenvalue weighted by Gasteiger charge is 2.30. The molecule has 0 heterocycles.